The molecule has 0 aliphatic heterocycles. The van der Waals surface area contributed by atoms with Crippen molar-refractivity contribution >= 4 is 5.97 Å². The number of hydrogen-bond donors (Lipinski definition) is 1. The highest BCUT2D eigenvalue weighted by atomic mass is 16.4. The van der Waals surface area contributed by atoms with Gasteiger partial charge in [0.05, 0.1) is 5.92 Å². The van der Waals surface area contributed by atoms with E-state index in [9.17, 15) is 4.79 Å². The van der Waals surface area contributed by atoms with Crippen LogP contribution in [-0.2, 0) is 4.79 Å². The first-order valence-corrected chi connectivity index (χ1v) is 4.51. The van der Waals surface area contributed by atoms with Crippen LogP contribution in [0.5, 0.6) is 0 Å². The average Bonchev–Trinajstić information content (AvgIpc) is 1.88. The number of carboxylic acid groups (broad SMARTS) is 1. The Morgan fingerprint density at radius 2 is 1.08 bits per heavy atom. The maximum atomic E-state index is 9.70. The minimum atomic E-state index is -0.741. The molecule has 0 bridgehead atoms. The molecule has 0 unspecified atom stereocenters. The lowest BCUT2D eigenvalue weighted by Crippen LogP contribution is -2.03. The fourth-order valence-electron chi connectivity index (χ4n) is 0. The SMILES string of the molecule is CC(C)C(=O)O.CC(C)C(C)C. The molecule has 1 N–H and O–H groups in total. The predicted molar refractivity (Wildman–Crippen MR) is 52.1 cm³/mol. The Bertz CT molecular complexity index is 109. The molecule has 0 aliphatic carbocycles. The molecule has 0 saturated carbocycles. The lowest BCUT2D eigenvalue weighted by Gasteiger charge is -2.05. The van der Waals surface area contributed by atoms with Gasteiger partial charge in [-0.05, 0) is 11.8 Å². The maximum absolute atomic E-state index is 9.70. The fraction of sp³-hybridized carbons (Fsp3) is 0.900. The Morgan fingerprint density at radius 3 is 1.08 bits per heavy atom. The largest absolute Gasteiger partial charge is 0.481 e. The summed E-state index contributed by atoms with van der Waals surface area (Å²) in [4.78, 5) is 9.70. The summed E-state index contributed by atoms with van der Waals surface area (Å²) in [7, 11) is 0. The van der Waals surface area contributed by atoms with E-state index in [1.165, 1.54) is 0 Å². The molecular weight excluding hydrogens is 152 g/mol. The number of aliphatic carboxylic acids is 1. The molecule has 12 heavy (non-hydrogen) atoms. The third kappa shape index (κ3) is 12.2. The summed E-state index contributed by atoms with van der Waals surface area (Å²) in [6.07, 6.45) is 0. The first-order valence-electron chi connectivity index (χ1n) is 4.51. The van der Waals surface area contributed by atoms with E-state index in [1.807, 2.05) is 0 Å². The van der Waals surface area contributed by atoms with Gasteiger partial charge < -0.3 is 5.11 Å². The van der Waals surface area contributed by atoms with Crippen LogP contribution in [0.15, 0.2) is 0 Å². The molecule has 0 aromatic heterocycles. The highest BCUT2D eigenvalue weighted by Gasteiger charge is 1.99. The molecule has 0 saturated heterocycles. The molecule has 0 amide bonds. The fourth-order valence-corrected chi connectivity index (χ4v) is 0. The summed E-state index contributed by atoms with van der Waals surface area (Å²) in [5.41, 5.74) is 0. The second kappa shape index (κ2) is 7.14. The van der Waals surface area contributed by atoms with Crippen molar-refractivity contribution in [3.63, 3.8) is 0 Å². The van der Waals surface area contributed by atoms with Crippen LogP contribution in [0.25, 0.3) is 0 Å². The standard InChI is InChI=1S/C6H14.C4H8O2/c1-5(2)6(3)4;1-3(2)4(5)6/h5-6H,1-4H3;3H,1-2H3,(H,5,6). The first kappa shape index (κ1) is 14.0. The van der Waals surface area contributed by atoms with Crippen molar-refractivity contribution in [3.8, 4) is 0 Å². The summed E-state index contributed by atoms with van der Waals surface area (Å²) < 4.78 is 0. The average molecular weight is 174 g/mol. The highest BCUT2D eigenvalue weighted by Crippen LogP contribution is 2.05. The van der Waals surface area contributed by atoms with E-state index in [0.717, 1.165) is 11.8 Å². The van der Waals surface area contributed by atoms with Crippen LogP contribution >= 0.6 is 0 Å². The van der Waals surface area contributed by atoms with Crippen LogP contribution in [0.4, 0.5) is 0 Å². The van der Waals surface area contributed by atoms with Crippen molar-refractivity contribution in [2.24, 2.45) is 17.8 Å². The molecule has 0 spiro atoms. The van der Waals surface area contributed by atoms with Crippen molar-refractivity contribution in [1.29, 1.82) is 0 Å². The van der Waals surface area contributed by atoms with Crippen LogP contribution in [-0.4, -0.2) is 11.1 Å². The summed E-state index contributed by atoms with van der Waals surface area (Å²) in [5.74, 6) is 0.731. The molecule has 0 radical (unpaired) electrons. The minimum Gasteiger partial charge on any atom is -0.481 e. The Kier molecular flexibility index (Phi) is 8.34. The Hall–Kier alpha value is -0.530. The molecule has 0 aromatic carbocycles. The van der Waals surface area contributed by atoms with Crippen molar-refractivity contribution in [2.75, 3.05) is 0 Å². The molecule has 0 aliphatic rings. The van der Waals surface area contributed by atoms with Crippen LogP contribution in [0.1, 0.15) is 41.5 Å². The highest BCUT2D eigenvalue weighted by molar-refractivity contribution is 5.68. The normalized spacial score (nSPS) is 10.1. The molecule has 2 nitrogen and oxygen atoms in total. The van der Waals surface area contributed by atoms with Gasteiger partial charge in [-0.15, -0.1) is 0 Å². The topological polar surface area (TPSA) is 37.3 Å². The molecule has 0 fully saturated rings. The lowest BCUT2D eigenvalue weighted by molar-refractivity contribution is -0.140. The molecule has 0 rings (SSSR count). The van der Waals surface area contributed by atoms with E-state index >= 15 is 0 Å². The molecule has 2 heteroatoms. The van der Waals surface area contributed by atoms with Crippen LogP contribution in [0, 0.1) is 17.8 Å². The van der Waals surface area contributed by atoms with Crippen molar-refractivity contribution in [2.45, 2.75) is 41.5 Å². The van der Waals surface area contributed by atoms with Gasteiger partial charge in [-0.1, -0.05) is 41.5 Å². The number of rotatable bonds is 2. The monoisotopic (exact) mass is 174 g/mol. The molecule has 74 valence electrons. The zero-order valence-electron chi connectivity index (χ0n) is 9.09. The van der Waals surface area contributed by atoms with Crippen molar-refractivity contribution < 1.29 is 9.90 Å². The predicted octanol–water partition coefficient (Wildman–Crippen LogP) is 3.03. The Morgan fingerprint density at radius 1 is 0.917 bits per heavy atom. The van der Waals surface area contributed by atoms with Crippen molar-refractivity contribution in [1.82, 2.24) is 0 Å². The summed E-state index contributed by atoms with van der Waals surface area (Å²) >= 11 is 0. The lowest BCUT2D eigenvalue weighted by atomic mass is 10.0. The van der Waals surface area contributed by atoms with E-state index in [4.69, 9.17) is 5.11 Å². The number of carbonyl (C=O) groups is 1. The van der Waals surface area contributed by atoms with E-state index in [1.54, 1.807) is 13.8 Å². The molecule has 0 heterocycles. The van der Waals surface area contributed by atoms with Gasteiger partial charge in [0.15, 0.2) is 0 Å². The van der Waals surface area contributed by atoms with E-state index in [-0.39, 0.29) is 5.92 Å². The van der Waals surface area contributed by atoms with Crippen LogP contribution in [0.2, 0.25) is 0 Å². The van der Waals surface area contributed by atoms with Crippen LogP contribution < -0.4 is 0 Å². The second-order valence-electron chi connectivity index (χ2n) is 3.98. The Balaban J connectivity index is 0. The Labute approximate surface area is 76.0 Å². The summed E-state index contributed by atoms with van der Waals surface area (Å²) in [6.45, 7) is 12.2. The van der Waals surface area contributed by atoms with Gasteiger partial charge in [0.2, 0.25) is 0 Å². The van der Waals surface area contributed by atoms with Gasteiger partial charge in [0, 0.05) is 0 Å². The quantitative estimate of drug-likeness (QED) is 0.698. The second-order valence-corrected chi connectivity index (χ2v) is 3.98. The van der Waals surface area contributed by atoms with Gasteiger partial charge in [0.1, 0.15) is 0 Å². The molecular formula is C10H22O2. The van der Waals surface area contributed by atoms with Crippen LogP contribution in [0.3, 0.4) is 0 Å². The molecule has 0 aromatic rings. The summed E-state index contributed by atoms with van der Waals surface area (Å²) in [5, 5.41) is 7.99. The third-order valence-electron chi connectivity index (χ3n) is 1.83. The van der Waals surface area contributed by atoms with E-state index in [0.29, 0.717) is 0 Å². The van der Waals surface area contributed by atoms with E-state index < -0.39 is 5.97 Å². The number of hydrogen-bond acceptors (Lipinski definition) is 1. The zero-order chi connectivity index (χ0) is 10.3. The van der Waals surface area contributed by atoms with Gasteiger partial charge in [0.25, 0.3) is 0 Å². The third-order valence-corrected chi connectivity index (χ3v) is 1.83. The van der Waals surface area contributed by atoms with Gasteiger partial charge in [-0.2, -0.15) is 0 Å². The first-order chi connectivity index (χ1) is 5.29. The molecule has 0 atom stereocenters. The minimum absolute atomic E-state index is 0.231. The summed E-state index contributed by atoms with van der Waals surface area (Å²) in [6, 6.07) is 0. The number of carboxylic acids is 1. The zero-order valence-corrected chi connectivity index (χ0v) is 9.09. The van der Waals surface area contributed by atoms with Crippen molar-refractivity contribution in [3.05, 3.63) is 0 Å². The van der Waals surface area contributed by atoms with Gasteiger partial charge in [-0.25, -0.2) is 0 Å². The smallest absolute Gasteiger partial charge is 0.305 e. The van der Waals surface area contributed by atoms with Gasteiger partial charge >= 0.3 is 5.97 Å². The van der Waals surface area contributed by atoms with Gasteiger partial charge in [-0.3, -0.25) is 4.79 Å². The van der Waals surface area contributed by atoms with E-state index in [2.05, 4.69) is 27.7 Å². The maximum Gasteiger partial charge on any atom is 0.305 e.